The lowest BCUT2D eigenvalue weighted by Gasteiger charge is -2.17. The van der Waals surface area contributed by atoms with Crippen LogP contribution in [-0.2, 0) is 16.6 Å². The van der Waals surface area contributed by atoms with Gasteiger partial charge in [-0.1, -0.05) is 78.4 Å². The molecule has 1 N–H and O–H groups in total. The van der Waals surface area contributed by atoms with Crippen molar-refractivity contribution >= 4 is 39.1 Å². The van der Waals surface area contributed by atoms with Gasteiger partial charge in [0.2, 0.25) is 0 Å². The van der Waals surface area contributed by atoms with Gasteiger partial charge in [-0.15, -0.1) is 11.3 Å². The second-order valence-electron chi connectivity index (χ2n) is 8.53. The van der Waals surface area contributed by atoms with E-state index >= 15 is 0 Å². The van der Waals surface area contributed by atoms with E-state index < -0.39 is 18.5 Å². The quantitative estimate of drug-likeness (QED) is 0.308. The number of hydrogen-bond donors (Lipinski definition) is 1. The maximum Gasteiger partial charge on any atom is 0.356 e. The molecule has 0 saturated heterocycles. The third kappa shape index (κ3) is 4.92. The zero-order valence-electron chi connectivity index (χ0n) is 20.2. The Hall–Kier alpha value is -4.56. The number of rotatable bonds is 6. The summed E-state index contributed by atoms with van der Waals surface area (Å²) in [6, 6.07) is 24.4. The van der Waals surface area contributed by atoms with Crippen molar-refractivity contribution in [2.75, 3.05) is 11.9 Å². The highest BCUT2D eigenvalue weighted by Gasteiger charge is 2.23. The van der Waals surface area contributed by atoms with E-state index in [0.29, 0.717) is 21.5 Å². The van der Waals surface area contributed by atoms with E-state index in [4.69, 9.17) is 4.74 Å². The fourth-order valence-electron chi connectivity index (χ4n) is 4.14. The van der Waals surface area contributed by atoms with Gasteiger partial charge < -0.3 is 9.30 Å². The molecule has 7 nitrogen and oxygen atoms in total. The standard InChI is InChI=1S/C29H23N3O4S/c1-18-12-14-20(15-13-18)25-21-10-6-7-11-22(21)27(34)32(2)26(25)28(35)36-16-24(33)31-29-30-23(17-37-29)19-8-4-3-5-9-19/h3-15,17H,16H2,1-2H3,(H,30,31,33). The first kappa shape index (κ1) is 24.1. The number of nitrogens with one attached hydrogen (secondary N) is 1. The summed E-state index contributed by atoms with van der Waals surface area (Å²) in [6.45, 7) is 1.45. The number of ether oxygens (including phenoxy) is 1. The molecule has 0 bridgehead atoms. The van der Waals surface area contributed by atoms with Crippen LogP contribution in [0.3, 0.4) is 0 Å². The lowest BCUT2D eigenvalue weighted by atomic mass is 9.96. The number of anilines is 1. The Morgan fingerprint density at radius 1 is 0.919 bits per heavy atom. The molecule has 2 aromatic heterocycles. The van der Waals surface area contributed by atoms with Gasteiger partial charge in [0.1, 0.15) is 5.69 Å². The Kier molecular flexibility index (Phi) is 6.66. The molecule has 3 aromatic carbocycles. The summed E-state index contributed by atoms with van der Waals surface area (Å²) in [5.74, 6) is -1.29. The first-order valence-electron chi connectivity index (χ1n) is 11.6. The molecule has 0 radical (unpaired) electrons. The number of nitrogens with zero attached hydrogens (tertiary/aromatic N) is 2. The van der Waals surface area contributed by atoms with Crippen molar-refractivity contribution in [2.24, 2.45) is 7.05 Å². The van der Waals surface area contributed by atoms with E-state index in [1.165, 1.54) is 23.0 Å². The van der Waals surface area contributed by atoms with Gasteiger partial charge in [0.15, 0.2) is 11.7 Å². The van der Waals surface area contributed by atoms with E-state index in [9.17, 15) is 14.4 Å². The number of fused-ring (bicyclic) bond motifs is 1. The van der Waals surface area contributed by atoms with Crippen LogP contribution in [-0.4, -0.2) is 28.0 Å². The van der Waals surface area contributed by atoms with E-state index in [0.717, 1.165) is 22.4 Å². The zero-order valence-corrected chi connectivity index (χ0v) is 21.0. The highest BCUT2D eigenvalue weighted by atomic mass is 32.1. The van der Waals surface area contributed by atoms with Crippen LogP contribution in [0.25, 0.3) is 33.2 Å². The fourth-order valence-corrected chi connectivity index (χ4v) is 4.88. The van der Waals surface area contributed by atoms with E-state index in [2.05, 4.69) is 10.3 Å². The van der Waals surface area contributed by atoms with Gasteiger partial charge in [-0.05, 0) is 23.9 Å². The summed E-state index contributed by atoms with van der Waals surface area (Å²) in [6.07, 6.45) is 0. The molecule has 0 aliphatic carbocycles. The van der Waals surface area contributed by atoms with Crippen LogP contribution in [0.15, 0.2) is 89.0 Å². The van der Waals surface area contributed by atoms with Gasteiger partial charge in [-0.2, -0.15) is 0 Å². The summed E-state index contributed by atoms with van der Waals surface area (Å²) in [4.78, 5) is 43.3. The largest absolute Gasteiger partial charge is 0.451 e. The van der Waals surface area contributed by atoms with Crippen LogP contribution >= 0.6 is 11.3 Å². The lowest BCUT2D eigenvalue weighted by molar-refractivity contribution is -0.119. The molecule has 0 saturated carbocycles. The van der Waals surface area contributed by atoms with Gasteiger partial charge in [0, 0.05) is 28.9 Å². The molecule has 5 rings (SSSR count). The average molecular weight is 510 g/mol. The van der Waals surface area contributed by atoms with Gasteiger partial charge in [-0.25, -0.2) is 9.78 Å². The number of amides is 1. The molecule has 0 aliphatic heterocycles. The molecule has 37 heavy (non-hydrogen) atoms. The third-order valence-corrected chi connectivity index (χ3v) is 6.75. The van der Waals surface area contributed by atoms with Crippen molar-refractivity contribution in [3.8, 4) is 22.4 Å². The van der Waals surface area contributed by atoms with Crippen molar-refractivity contribution < 1.29 is 14.3 Å². The van der Waals surface area contributed by atoms with Crippen molar-refractivity contribution in [3.05, 3.63) is 106 Å². The number of aryl methyl sites for hydroxylation is 1. The van der Waals surface area contributed by atoms with Crippen LogP contribution in [0.4, 0.5) is 5.13 Å². The zero-order chi connectivity index (χ0) is 25.9. The number of carbonyl (C=O) groups excluding carboxylic acids is 2. The molecule has 0 unspecified atom stereocenters. The minimum atomic E-state index is -0.764. The first-order chi connectivity index (χ1) is 17.9. The Labute approximate surface area is 217 Å². The molecule has 184 valence electrons. The smallest absolute Gasteiger partial charge is 0.356 e. The highest BCUT2D eigenvalue weighted by molar-refractivity contribution is 7.14. The molecule has 0 aliphatic rings. The van der Waals surface area contributed by atoms with Gasteiger partial charge in [-0.3, -0.25) is 14.9 Å². The third-order valence-electron chi connectivity index (χ3n) is 5.99. The molecule has 5 aromatic rings. The monoisotopic (exact) mass is 509 g/mol. The van der Waals surface area contributed by atoms with Crippen molar-refractivity contribution in [1.29, 1.82) is 0 Å². The fraction of sp³-hybridized carbons (Fsp3) is 0.103. The van der Waals surface area contributed by atoms with Gasteiger partial charge in [0.25, 0.3) is 11.5 Å². The first-order valence-corrected chi connectivity index (χ1v) is 12.5. The minimum absolute atomic E-state index is 0.0842. The van der Waals surface area contributed by atoms with Crippen molar-refractivity contribution in [2.45, 2.75) is 6.92 Å². The number of benzene rings is 3. The molecule has 8 heteroatoms. The topological polar surface area (TPSA) is 90.3 Å². The molecule has 1 amide bonds. The maximum absolute atomic E-state index is 13.3. The highest BCUT2D eigenvalue weighted by Crippen LogP contribution is 2.31. The molecular weight excluding hydrogens is 486 g/mol. The summed E-state index contributed by atoms with van der Waals surface area (Å²) in [5, 5.41) is 6.05. The van der Waals surface area contributed by atoms with Crippen LogP contribution in [0.1, 0.15) is 16.1 Å². The molecular formula is C29H23N3O4S. The molecule has 0 atom stereocenters. The summed E-state index contributed by atoms with van der Waals surface area (Å²) < 4.78 is 6.67. The Balaban J connectivity index is 1.40. The molecule has 0 fully saturated rings. The lowest BCUT2D eigenvalue weighted by Crippen LogP contribution is -2.28. The second-order valence-corrected chi connectivity index (χ2v) is 9.39. The Morgan fingerprint density at radius 3 is 2.32 bits per heavy atom. The van der Waals surface area contributed by atoms with Crippen LogP contribution in [0, 0.1) is 6.92 Å². The number of aromatic nitrogens is 2. The van der Waals surface area contributed by atoms with Crippen LogP contribution < -0.4 is 10.9 Å². The number of hydrogen-bond acceptors (Lipinski definition) is 6. The summed E-state index contributed by atoms with van der Waals surface area (Å²) in [5.41, 5.74) is 3.86. The van der Waals surface area contributed by atoms with Crippen LogP contribution in [0.2, 0.25) is 0 Å². The number of esters is 1. The molecule has 0 spiro atoms. The summed E-state index contributed by atoms with van der Waals surface area (Å²) >= 11 is 1.28. The number of carbonyl (C=O) groups is 2. The number of pyridine rings is 1. The normalized spacial score (nSPS) is 10.9. The summed E-state index contributed by atoms with van der Waals surface area (Å²) in [7, 11) is 1.53. The SMILES string of the molecule is Cc1ccc(-c2c(C(=O)OCC(=O)Nc3nc(-c4ccccc4)cs3)n(C)c(=O)c3ccccc23)cc1. The van der Waals surface area contributed by atoms with Crippen molar-refractivity contribution in [3.63, 3.8) is 0 Å². The second kappa shape index (κ2) is 10.2. The predicted molar refractivity (Wildman–Crippen MR) is 146 cm³/mol. The number of thiazole rings is 1. The Morgan fingerprint density at radius 2 is 1.59 bits per heavy atom. The van der Waals surface area contributed by atoms with Crippen LogP contribution in [0.5, 0.6) is 0 Å². The maximum atomic E-state index is 13.3. The minimum Gasteiger partial charge on any atom is -0.451 e. The van der Waals surface area contributed by atoms with E-state index in [1.54, 1.807) is 12.1 Å². The van der Waals surface area contributed by atoms with Gasteiger partial charge >= 0.3 is 5.97 Å². The molecule has 2 heterocycles. The van der Waals surface area contributed by atoms with E-state index in [1.807, 2.05) is 79.0 Å². The van der Waals surface area contributed by atoms with E-state index in [-0.39, 0.29) is 11.3 Å². The van der Waals surface area contributed by atoms with Crippen molar-refractivity contribution in [1.82, 2.24) is 9.55 Å². The van der Waals surface area contributed by atoms with Gasteiger partial charge in [0.05, 0.1) is 5.69 Å². The average Bonchev–Trinajstić information content (AvgIpc) is 3.39. The predicted octanol–water partition coefficient (Wildman–Crippen LogP) is 5.43. The Bertz CT molecular complexity index is 1670.